The summed E-state index contributed by atoms with van der Waals surface area (Å²) in [6.45, 7) is 8.27. The molecule has 0 aromatic carbocycles. The Bertz CT molecular complexity index is 420. The summed E-state index contributed by atoms with van der Waals surface area (Å²) in [4.78, 5) is 2.47. The van der Waals surface area contributed by atoms with Crippen LogP contribution in [0.25, 0.3) is 0 Å². The largest absolute Gasteiger partial charge is 0.476 e. The molecule has 94 valence electrons. The molecule has 1 saturated heterocycles. The van der Waals surface area contributed by atoms with Gasteiger partial charge in [-0.3, -0.25) is 4.90 Å². The van der Waals surface area contributed by atoms with Gasteiger partial charge in [0.1, 0.15) is 6.61 Å². The lowest BCUT2D eigenvalue weighted by atomic mass is 10.1. The molecule has 1 fully saturated rings. The van der Waals surface area contributed by atoms with E-state index in [0.29, 0.717) is 6.04 Å². The van der Waals surface area contributed by atoms with Crippen molar-refractivity contribution < 1.29 is 4.74 Å². The van der Waals surface area contributed by atoms with E-state index in [2.05, 4.69) is 36.5 Å². The van der Waals surface area contributed by atoms with Crippen LogP contribution in [0.15, 0.2) is 6.20 Å². The highest BCUT2D eigenvalue weighted by Gasteiger charge is 2.33. The second kappa shape index (κ2) is 3.92. The van der Waals surface area contributed by atoms with Crippen molar-refractivity contribution in [2.24, 2.45) is 0 Å². The molecule has 1 aromatic rings. The maximum Gasteiger partial charge on any atom is 0.216 e. The highest BCUT2D eigenvalue weighted by molar-refractivity contribution is 7.81. The van der Waals surface area contributed by atoms with Crippen molar-refractivity contribution in [3.8, 4) is 5.88 Å². The SMILES string of the molecule is CC(C)(S)c1cnn2c1OCC(N1CCC1)C2. The van der Waals surface area contributed by atoms with Gasteiger partial charge in [0.2, 0.25) is 5.88 Å². The minimum atomic E-state index is -0.197. The summed E-state index contributed by atoms with van der Waals surface area (Å²) >= 11 is 4.59. The standard InChI is InChI=1S/C12H19N3OS/c1-12(2,17)10-6-13-15-7-9(8-16-11(10)15)14-4-3-5-14/h6,9,17H,3-5,7-8H2,1-2H3. The van der Waals surface area contributed by atoms with Gasteiger partial charge in [-0.1, -0.05) is 0 Å². The van der Waals surface area contributed by atoms with Crippen LogP contribution >= 0.6 is 12.6 Å². The second-order valence-electron chi connectivity index (χ2n) is 5.46. The lowest BCUT2D eigenvalue weighted by molar-refractivity contribution is 0.0425. The number of ether oxygens (including phenoxy) is 1. The molecule has 1 atom stereocenters. The number of likely N-dealkylation sites (tertiary alicyclic amines) is 1. The first-order valence-corrected chi connectivity index (χ1v) is 6.66. The van der Waals surface area contributed by atoms with E-state index in [9.17, 15) is 0 Å². The van der Waals surface area contributed by atoms with Gasteiger partial charge in [-0.25, -0.2) is 4.68 Å². The predicted octanol–water partition coefficient (Wildman–Crippen LogP) is 1.51. The normalized spacial score (nSPS) is 25.0. The van der Waals surface area contributed by atoms with E-state index in [4.69, 9.17) is 4.74 Å². The fourth-order valence-corrected chi connectivity index (χ4v) is 2.58. The molecule has 1 aromatic heterocycles. The molecule has 0 radical (unpaired) electrons. The fraction of sp³-hybridized carbons (Fsp3) is 0.750. The number of fused-ring (bicyclic) bond motifs is 1. The third kappa shape index (κ3) is 1.95. The van der Waals surface area contributed by atoms with E-state index in [1.165, 1.54) is 19.5 Å². The van der Waals surface area contributed by atoms with Gasteiger partial charge in [-0.15, -0.1) is 0 Å². The summed E-state index contributed by atoms with van der Waals surface area (Å²) in [5.41, 5.74) is 1.09. The number of aromatic nitrogens is 2. The Morgan fingerprint density at radius 1 is 1.47 bits per heavy atom. The average Bonchev–Trinajstić information content (AvgIpc) is 2.56. The molecule has 0 spiro atoms. The average molecular weight is 253 g/mol. The Balaban J connectivity index is 1.82. The second-order valence-corrected chi connectivity index (χ2v) is 6.58. The molecule has 17 heavy (non-hydrogen) atoms. The molecule has 0 bridgehead atoms. The van der Waals surface area contributed by atoms with Crippen molar-refractivity contribution >= 4 is 12.6 Å². The van der Waals surface area contributed by atoms with E-state index in [0.717, 1.165) is 24.6 Å². The summed E-state index contributed by atoms with van der Waals surface area (Å²) in [6.07, 6.45) is 3.21. The summed E-state index contributed by atoms with van der Waals surface area (Å²) in [5.74, 6) is 0.904. The van der Waals surface area contributed by atoms with Gasteiger partial charge in [0, 0.05) is 10.3 Å². The van der Waals surface area contributed by atoms with E-state index < -0.39 is 0 Å². The number of thiol groups is 1. The maximum absolute atomic E-state index is 5.90. The molecular formula is C12H19N3OS. The van der Waals surface area contributed by atoms with Crippen LogP contribution in [0.5, 0.6) is 5.88 Å². The van der Waals surface area contributed by atoms with Gasteiger partial charge in [0.05, 0.1) is 18.8 Å². The molecule has 5 heteroatoms. The van der Waals surface area contributed by atoms with Crippen LogP contribution < -0.4 is 4.74 Å². The zero-order valence-corrected chi connectivity index (χ0v) is 11.3. The third-order valence-corrected chi connectivity index (χ3v) is 3.89. The van der Waals surface area contributed by atoms with Crippen molar-refractivity contribution in [3.63, 3.8) is 0 Å². The Kier molecular flexibility index (Phi) is 2.63. The maximum atomic E-state index is 5.90. The van der Waals surface area contributed by atoms with Gasteiger partial charge >= 0.3 is 0 Å². The summed E-state index contributed by atoms with van der Waals surface area (Å²) in [5, 5.41) is 4.43. The van der Waals surface area contributed by atoms with Crippen LogP contribution in [-0.2, 0) is 11.3 Å². The summed E-state index contributed by atoms with van der Waals surface area (Å²) in [7, 11) is 0. The number of rotatable bonds is 2. The minimum absolute atomic E-state index is 0.197. The Hall–Kier alpha value is -0.680. The van der Waals surface area contributed by atoms with E-state index in [1.54, 1.807) is 0 Å². The van der Waals surface area contributed by atoms with Gasteiger partial charge in [0.15, 0.2) is 0 Å². The van der Waals surface area contributed by atoms with Crippen LogP contribution in [0.3, 0.4) is 0 Å². The first-order valence-electron chi connectivity index (χ1n) is 6.21. The zero-order valence-electron chi connectivity index (χ0n) is 10.4. The monoisotopic (exact) mass is 253 g/mol. The van der Waals surface area contributed by atoms with Crippen molar-refractivity contribution in [1.29, 1.82) is 0 Å². The van der Waals surface area contributed by atoms with Crippen LogP contribution in [0.2, 0.25) is 0 Å². The Morgan fingerprint density at radius 3 is 2.82 bits per heavy atom. The first-order chi connectivity index (χ1) is 8.05. The van der Waals surface area contributed by atoms with Crippen LogP contribution in [0.1, 0.15) is 25.8 Å². The van der Waals surface area contributed by atoms with Crippen LogP contribution in [0, 0.1) is 0 Å². The summed E-state index contributed by atoms with van der Waals surface area (Å²) in [6, 6.07) is 0.493. The lowest BCUT2D eigenvalue weighted by Gasteiger charge is -2.40. The summed E-state index contributed by atoms with van der Waals surface area (Å²) < 4.78 is 7.69. The number of hydrogen-bond donors (Lipinski definition) is 1. The molecule has 0 amide bonds. The molecule has 0 N–H and O–H groups in total. The molecule has 3 heterocycles. The van der Waals surface area contributed by atoms with E-state index in [1.807, 2.05) is 10.9 Å². The molecule has 2 aliphatic rings. The molecular weight excluding hydrogens is 234 g/mol. The quantitative estimate of drug-likeness (QED) is 0.811. The lowest BCUT2D eigenvalue weighted by Crippen LogP contribution is -2.51. The smallest absolute Gasteiger partial charge is 0.216 e. The molecule has 2 aliphatic heterocycles. The van der Waals surface area contributed by atoms with Gasteiger partial charge in [-0.2, -0.15) is 17.7 Å². The number of nitrogens with zero attached hydrogens (tertiary/aromatic N) is 3. The van der Waals surface area contributed by atoms with Crippen LogP contribution in [0.4, 0.5) is 0 Å². The van der Waals surface area contributed by atoms with E-state index >= 15 is 0 Å². The molecule has 0 aliphatic carbocycles. The topological polar surface area (TPSA) is 30.3 Å². The molecule has 0 saturated carbocycles. The van der Waals surface area contributed by atoms with E-state index in [-0.39, 0.29) is 4.75 Å². The van der Waals surface area contributed by atoms with Crippen molar-refractivity contribution in [3.05, 3.63) is 11.8 Å². The van der Waals surface area contributed by atoms with Gasteiger partial charge < -0.3 is 4.74 Å². The Labute approximate surface area is 107 Å². The highest BCUT2D eigenvalue weighted by Crippen LogP contribution is 2.36. The minimum Gasteiger partial charge on any atom is -0.476 e. The van der Waals surface area contributed by atoms with Crippen molar-refractivity contribution in [1.82, 2.24) is 14.7 Å². The first kappa shape index (κ1) is 11.4. The molecule has 1 unspecified atom stereocenters. The third-order valence-electron chi connectivity index (χ3n) is 3.65. The Morgan fingerprint density at radius 2 is 2.24 bits per heavy atom. The van der Waals surface area contributed by atoms with Gasteiger partial charge in [-0.05, 0) is 33.4 Å². The fourth-order valence-electron chi connectivity index (χ4n) is 2.43. The molecule has 4 nitrogen and oxygen atoms in total. The van der Waals surface area contributed by atoms with Crippen molar-refractivity contribution in [2.75, 3.05) is 19.7 Å². The zero-order chi connectivity index (χ0) is 12.0. The van der Waals surface area contributed by atoms with Crippen molar-refractivity contribution in [2.45, 2.75) is 37.6 Å². The van der Waals surface area contributed by atoms with Gasteiger partial charge in [0.25, 0.3) is 0 Å². The number of hydrogen-bond acceptors (Lipinski definition) is 4. The predicted molar refractivity (Wildman–Crippen MR) is 69.7 cm³/mol. The molecule has 3 rings (SSSR count). The highest BCUT2D eigenvalue weighted by atomic mass is 32.1. The van der Waals surface area contributed by atoms with Crippen LogP contribution in [-0.4, -0.2) is 40.4 Å².